The van der Waals surface area contributed by atoms with E-state index in [1.807, 2.05) is 13.8 Å². The molecule has 4 unspecified atom stereocenters. The fourth-order valence-corrected chi connectivity index (χ4v) is 4.30. The number of aliphatic hydroxyl groups excluding tert-OH is 1. The van der Waals surface area contributed by atoms with Crippen LogP contribution in [0.2, 0.25) is 0 Å². The summed E-state index contributed by atoms with van der Waals surface area (Å²) in [5, 5.41) is 10.3. The van der Waals surface area contributed by atoms with Gasteiger partial charge >= 0.3 is 5.97 Å². The van der Waals surface area contributed by atoms with Gasteiger partial charge in [-0.1, -0.05) is 33.8 Å². The van der Waals surface area contributed by atoms with Crippen LogP contribution < -0.4 is 0 Å². The predicted octanol–water partition coefficient (Wildman–Crippen LogP) is 2.49. The summed E-state index contributed by atoms with van der Waals surface area (Å²) >= 11 is 0. The minimum atomic E-state index is -0.545. The Morgan fingerprint density at radius 2 is 2.16 bits per heavy atom. The smallest absolute Gasteiger partial charge is 0.309 e. The molecule has 144 valence electrons. The summed E-state index contributed by atoms with van der Waals surface area (Å²) in [6.45, 7) is 11.4. The second kappa shape index (κ2) is 8.65. The van der Waals surface area contributed by atoms with Crippen molar-refractivity contribution in [3.05, 3.63) is 11.6 Å². The molecule has 3 aliphatic rings. The second-order valence-electron chi connectivity index (χ2n) is 8.27. The first-order chi connectivity index (χ1) is 11.8. The van der Waals surface area contributed by atoms with E-state index in [9.17, 15) is 9.90 Å². The summed E-state index contributed by atoms with van der Waals surface area (Å²) < 4.78 is 10.6. The molecule has 0 heterocycles. The van der Waals surface area contributed by atoms with Crippen molar-refractivity contribution in [2.24, 2.45) is 23.2 Å². The van der Waals surface area contributed by atoms with E-state index in [-0.39, 0.29) is 11.9 Å². The number of hydrogen-bond acceptors (Lipinski definition) is 5. The summed E-state index contributed by atoms with van der Waals surface area (Å²) in [6, 6.07) is 0. The first kappa shape index (κ1) is 20.4. The third kappa shape index (κ3) is 4.83. The van der Waals surface area contributed by atoms with Gasteiger partial charge in [-0.05, 0) is 42.2 Å². The molecule has 0 radical (unpaired) electrons. The minimum absolute atomic E-state index is 0.195. The van der Waals surface area contributed by atoms with E-state index in [1.54, 1.807) is 0 Å². The van der Waals surface area contributed by atoms with Crippen LogP contribution in [0.1, 0.15) is 40.5 Å². The molecule has 0 aromatic rings. The van der Waals surface area contributed by atoms with Gasteiger partial charge in [-0.3, -0.25) is 4.79 Å². The molecule has 0 aliphatic heterocycles. The van der Waals surface area contributed by atoms with Crippen molar-refractivity contribution in [1.29, 1.82) is 0 Å². The third-order valence-corrected chi connectivity index (χ3v) is 6.21. The number of hydrogen-bond donors (Lipinski definition) is 1. The van der Waals surface area contributed by atoms with Crippen LogP contribution in [0.15, 0.2) is 11.6 Å². The van der Waals surface area contributed by atoms with Gasteiger partial charge in [0.2, 0.25) is 0 Å². The van der Waals surface area contributed by atoms with E-state index >= 15 is 0 Å². The number of allylic oxidation sites excluding steroid dienone is 1. The van der Waals surface area contributed by atoms with Crippen LogP contribution >= 0.6 is 0 Å². The average Bonchev–Trinajstić information content (AvgIpc) is 2.60. The molecule has 0 amide bonds. The van der Waals surface area contributed by atoms with Gasteiger partial charge in [-0.25, -0.2) is 0 Å². The van der Waals surface area contributed by atoms with Crippen molar-refractivity contribution in [1.82, 2.24) is 4.90 Å². The number of fused-ring (bicyclic) bond motifs is 1. The van der Waals surface area contributed by atoms with Crippen molar-refractivity contribution in [2.75, 3.05) is 40.0 Å². The maximum atomic E-state index is 11.5. The summed E-state index contributed by atoms with van der Waals surface area (Å²) in [6.07, 6.45) is 4.25. The standard InChI is InChI=1S/C20H35NO4/c1-6-21(10-14(2)19(23)24-5)11-17(22)13-25-12-15-7-8-16-9-18(15)20(16,3)4/h7,14,16-18,22H,6,8-13H2,1-5H3. The molecular formula is C20H35NO4. The highest BCUT2D eigenvalue weighted by Crippen LogP contribution is 2.59. The van der Waals surface area contributed by atoms with Gasteiger partial charge in [0.15, 0.2) is 0 Å². The van der Waals surface area contributed by atoms with E-state index in [0.717, 1.165) is 12.5 Å². The van der Waals surface area contributed by atoms with Gasteiger partial charge < -0.3 is 19.5 Å². The molecule has 3 aliphatic carbocycles. The summed E-state index contributed by atoms with van der Waals surface area (Å²) in [7, 11) is 1.41. The SMILES string of the molecule is CCN(CC(O)COCC1=CCC2CC1C2(C)C)CC(C)C(=O)OC. The van der Waals surface area contributed by atoms with Crippen LogP contribution in [0.3, 0.4) is 0 Å². The number of esters is 1. The number of nitrogens with zero attached hydrogens (tertiary/aromatic N) is 1. The van der Waals surface area contributed by atoms with E-state index in [4.69, 9.17) is 9.47 Å². The Labute approximate surface area is 152 Å². The quantitative estimate of drug-likeness (QED) is 0.483. The van der Waals surface area contributed by atoms with Crippen molar-refractivity contribution < 1.29 is 19.4 Å². The predicted molar refractivity (Wildman–Crippen MR) is 98.2 cm³/mol. The lowest BCUT2D eigenvalue weighted by molar-refractivity contribution is -0.145. The Morgan fingerprint density at radius 1 is 1.44 bits per heavy atom. The lowest BCUT2D eigenvalue weighted by Crippen LogP contribution is -2.48. The molecular weight excluding hydrogens is 318 g/mol. The molecule has 2 bridgehead atoms. The Morgan fingerprint density at radius 3 is 2.72 bits per heavy atom. The summed E-state index contributed by atoms with van der Waals surface area (Å²) in [4.78, 5) is 13.6. The van der Waals surface area contributed by atoms with E-state index in [1.165, 1.54) is 25.5 Å². The molecule has 1 N–H and O–H groups in total. The highest BCUT2D eigenvalue weighted by Gasteiger charge is 2.50. The Hall–Kier alpha value is -0.910. The molecule has 5 heteroatoms. The molecule has 0 saturated heterocycles. The first-order valence-corrected chi connectivity index (χ1v) is 9.54. The second-order valence-corrected chi connectivity index (χ2v) is 8.27. The molecule has 1 fully saturated rings. The summed E-state index contributed by atoms with van der Waals surface area (Å²) in [5.41, 5.74) is 1.82. The maximum Gasteiger partial charge on any atom is 0.309 e. The number of methoxy groups -OCH3 is 1. The average molecular weight is 354 g/mol. The lowest BCUT2D eigenvalue weighted by atomic mass is 9.49. The summed E-state index contributed by atoms with van der Waals surface area (Å²) in [5.74, 6) is 1.08. The molecule has 0 spiro atoms. The first-order valence-electron chi connectivity index (χ1n) is 9.54. The van der Waals surface area contributed by atoms with Crippen molar-refractivity contribution in [3.8, 4) is 0 Å². The van der Waals surface area contributed by atoms with E-state index < -0.39 is 6.10 Å². The molecule has 0 aromatic heterocycles. The van der Waals surface area contributed by atoms with Gasteiger partial charge in [-0.15, -0.1) is 0 Å². The highest BCUT2D eigenvalue weighted by molar-refractivity contribution is 5.72. The van der Waals surface area contributed by atoms with Crippen LogP contribution in [0, 0.1) is 23.2 Å². The van der Waals surface area contributed by atoms with Gasteiger partial charge in [0, 0.05) is 13.1 Å². The number of ether oxygens (including phenoxy) is 2. The molecule has 0 aromatic carbocycles. The zero-order chi connectivity index (χ0) is 18.6. The topological polar surface area (TPSA) is 59.0 Å². The fourth-order valence-electron chi connectivity index (χ4n) is 4.30. The Balaban J connectivity index is 1.70. The van der Waals surface area contributed by atoms with Gasteiger partial charge in [0.1, 0.15) is 0 Å². The largest absolute Gasteiger partial charge is 0.469 e. The number of aliphatic hydroxyl groups is 1. The zero-order valence-corrected chi connectivity index (χ0v) is 16.5. The van der Waals surface area contributed by atoms with Gasteiger partial charge in [0.05, 0.1) is 32.3 Å². The van der Waals surface area contributed by atoms with Crippen LogP contribution in [0.25, 0.3) is 0 Å². The third-order valence-electron chi connectivity index (χ3n) is 6.21. The molecule has 4 atom stereocenters. The highest BCUT2D eigenvalue weighted by atomic mass is 16.5. The van der Waals surface area contributed by atoms with Crippen LogP contribution in [-0.2, 0) is 14.3 Å². The Kier molecular flexibility index (Phi) is 7.06. The number of rotatable bonds is 10. The molecule has 1 saturated carbocycles. The fraction of sp³-hybridized carbons (Fsp3) is 0.850. The van der Waals surface area contributed by atoms with Crippen LogP contribution in [0.5, 0.6) is 0 Å². The van der Waals surface area contributed by atoms with E-state index in [0.29, 0.717) is 37.6 Å². The maximum absolute atomic E-state index is 11.5. The van der Waals surface area contributed by atoms with Crippen LogP contribution in [0.4, 0.5) is 0 Å². The molecule has 5 nitrogen and oxygen atoms in total. The zero-order valence-electron chi connectivity index (χ0n) is 16.5. The molecule has 3 rings (SSSR count). The molecule has 25 heavy (non-hydrogen) atoms. The van der Waals surface area contributed by atoms with E-state index in [2.05, 4.69) is 24.8 Å². The Bertz CT molecular complexity index is 488. The minimum Gasteiger partial charge on any atom is -0.469 e. The van der Waals surface area contributed by atoms with Crippen molar-refractivity contribution >= 4 is 5.97 Å². The normalized spacial score (nSPS) is 26.6. The number of likely N-dealkylation sites (N-methyl/N-ethyl adjacent to an activating group) is 1. The van der Waals surface area contributed by atoms with Crippen molar-refractivity contribution in [3.63, 3.8) is 0 Å². The number of carbonyl (C=O) groups excluding carboxylic acids is 1. The van der Waals surface area contributed by atoms with Crippen molar-refractivity contribution in [2.45, 2.75) is 46.6 Å². The van der Waals surface area contributed by atoms with Gasteiger partial charge in [0.25, 0.3) is 0 Å². The monoisotopic (exact) mass is 353 g/mol. The van der Waals surface area contributed by atoms with Gasteiger partial charge in [-0.2, -0.15) is 0 Å². The van der Waals surface area contributed by atoms with Crippen LogP contribution in [-0.4, -0.2) is 62.0 Å². The lowest BCUT2D eigenvalue weighted by Gasteiger charge is -2.56. The number of carbonyl (C=O) groups is 1.